The molecule has 0 heterocycles. The molecule has 11 heteroatoms. The van der Waals surface area contributed by atoms with Crippen molar-refractivity contribution in [2.24, 2.45) is 11.8 Å². The smallest absolute Gasteiger partial charge is 0.408 e. The van der Waals surface area contributed by atoms with Gasteiger partial charge in [0.05, 0.1) is 6.42 Å². The maximum Gasteiger partial charge on any atom is 0.408 e. The molecule has 3 amide bonds. The number of alkyl carbamates (subject to hydrolysis) is 1. The van der Waals surface area contributed by atoms with Crippen molar-refractivity contribution >= 4 is 29.8 Å². The lowest BCUT2D eigenvalue weighted by Gasteiger charge is -2.29. The minimum Gasteiger partial charge on any atom is -0.460 e. The van der Waals surface area contributed by atoms with Crippen LogP contribution in [0.4, 0.5) is 4.79 Å². The lowest BCUT2D eigenvalue weighted by atomic mass is 9.94. The number of esters is 2. The van der Waals surface area contributed by atoms with Gasteiger partial charge in [0.25, 0.3) is 0 Å². The molecule has 3 atom stereocenters. The number of carbonyl (C=O) groups excluding carboxylic acids is 5. The lowest BCUT2D eigenvalue weighted by molar-refractivity contribution is -0.156. The summed E-state index contributed by atoms with van der Waals surface area (Å²) in [7, 11) is 0. The number of fused-ring (bicyclic) bond motifs is 1. The molecule has 46 heavy (non-hydrogen) atoms. The van der Waals surface area contributed by atoms with E-state index in [0.29, 0.717) is 12.8 Å². The molecular weight excluding hydrogens is 590 g/mol. The Morgan fingerprint density at radius 1 is 0.870 bits per heavy atom. The Bertz CT molecular complexity index is 1360. The number of ether oxygens (including phenoxy) is 3. The van der Waals surface area contributed by atoms with Gasteiger partial charge in [-0.2, -0.15) is 0 Å². The molecule has 0 aromatic heterocycles. The van der Waals surface area contributed by atoms with Crippen molar-refractivity contribution in [3.8, 4) is 0 Å². The van der Waals surface area contributed by atoms with Crippen LogP contribution in [0.25, 0.3) is 0 Å². The molecule has 0 bridgehead atoms. The number of benzene rings is 2. The first kappa shape index (κ1) is 35.8. The second-order valence-electron chi connectivity index (χ2n) is 12.6. The summed E-state index contributed by atoms with van der Waals surface area (Å²) < 4.78 is 15.9. The highest BCUT2D eigenvalue weighted by Gasteiger charge is 2.39. The summed E-state index contributed by atoms with van der Waals surface area (Å²) in [6, 6.07) is 13.2. The average Bonchev–Trinajstić information content (AvgIpc) is 3.43. The van der Waals surface area contributed by atoms with Gasteiger partial charge in [-0.25, -0.2) is 9.59 Å². The molecule has 0 saturated carbocycles. The van der Waals surface area contributed by atoms with Gasteiger partial charge in [0, 0.05) is 0 Å². The van der Waals surface area contributed by atoms with Crippen LogP contribution in [0.15, 0.2) is 67.3 Å². The first-order valence-electron chi connectivity index (χ1n) is 15.4. The van der Waals surface area contributed by atoms with E-state index in [4.69, 9.17) is 14.2 Å². The summed E-state index contributed by atoms with van der Waals surface area (Å²) in [5.74, 6) is -3.43. The lowest BCUT2D eigenvalue weighted by Crippen LogP contribution is -2.59. The molecule has 248 valence electrons. The van der Waals surface area contributed by atoms with Crippen LogP contribution in [0.3, 0.4) is 0 Å². The maximum atomic E-state index is 13.9. The summed E-state index contributed by atoms with van der Waals surface area (Å²) >= 11 is 0. The van der Waals surface area contributed by atoms with Crippen molar-refractivity contribution in [2.75, 3.05) is 6.61 Å². The standard InChI is InChI=1S/C35H45N3O8/c1-7-17-44-33(42)29(22(2)3)37-32(41)30(26-18-24-15-11-12-16-25(24)19-26)38-31(40)27(20-28(39)46-35(4,5)6)36-34(43)45-21-23-13-9-8-10-14-23/h7-16,22,26-27,29-30H,1,17-21H2,2-6H3,(H,36,43)(H,37,41)(H,38,40). The zero-order valence-electron chi connectivity index (χ0n) is 27.2. The van der Waals surface area contributed by atoms with Crippen molar-refractivity contribution < 1.29 is 38.2 Å². The molecule has 0 aliphatic heterocycles. The SMILES string of the molecule is C=CCOC(=O)C(NC(=O)C(NC(=O)C(CC(=O)OC(C)(C)C)NC(=O)OCc1ccccc1)C1Cc2ccccc2C1)C(C)C. The van der Waals surface area contributed by atoms with E-state index in [-0.39, 0.29) is 25.0 Å². The van der Waals surface area contributed by atoms with Gasteiger partial charge in [0.1, 0.15) is 36.9 Å². The van der Waals surface area contributed by atoms with Gasteiger partial charge in [-0.1, -0.05) is 81.1 Å². The molecule has 0 saturated heterocycles. The summed E-state index contributed by atoms with van der Waals surface area (Å²) in [6.45, 7) is 12.1. The summed E-state index contributed by atoms with van der Waals surface area (Å²) in [4.78, 5) is 66.1. The first-order valence-corrected chi connectivity index (χ1v) is 15.4. The molecule has 3 unspecified atom stereocenters. The van der Waals surface area contributed by atoms with E-state index in [2.05, 4.69) is 22.5 Å². The van der Waals surface area contributed by atoms with E-state index >= 15 is 0 Å². The predicted molar refractivity (Wildman–Crippen MR) is 171 cm³/mol. The van der Waals surface area contributed by atoms with Crippen LogP contribution in [0, 0.1) is 11.8 Å². The molecule has 1 aliphatic rings. The number of carbonyl (C=O) groups is 5. The van der Waals surface area contributed by atoms with Crippen LogP contribution in [-0.4, -0.2) is 60.2 Å². The largest absolute Gasteiger partial charge is 0.460 e. The van der Waals surface area contributed by atoms with E-state index in [1.54, 1.807) is 58.9 Å². The Kier molecular flexibility index (Phi) is 12.9. The number of hydrogen-bond acceptors (Lipinski definition) is 8. The fourth-order valence-corrected chi connectivity index (χ4v) is 5.12. The van der Waals surface area contributed by atoms with E-state index in [0.717, 1.165) is 16.7 Å². The van der Waals surface area contributed by atoms with Crippen LogP contribution in [0.2, 0.25) is 0 Å². The third kappa shape index (κ3) is 11.0. The van der Waals surface area contributed by atoms with Gasteiger partial charge in [0.2, 0.25) is 11.8 Å². The highest BCUT2D eigenvalue weighted by molar-refractivity contribution is 5.95. The molecule has 2 aromatic rings. The van der Waals surface area contributed by atoms with Gasteiger partial charge >= 0.3 is 18.0 Å². The summed E-state index contributed by atoms with van der Waals surface area (Å²) in [5, 5.41) is 8.00. The molecule has 0 fully saturated rings. The highest BCUT2D eigenvalue weighted by atomic mass is 16.6. The van der Waals surface area contributed by atoms with Crippen LogP contribution in [0.1, 0.15) is 57.7 Å². The third-order valence-corrected chi connectivity index (χ3v) is 7.31. The minimum absolute atomic E-state index is 0.0194. The van der Waals surface area contributed by atoms with Crippen molar-refractivity contribution in [3.63, 3.8) is 0 Å². The average molecular weight is 636 g/mol. The second-order valence-corrected chi connectivity index (χ2v) is 12.6. The Labute approximate surface area is 270 Å². The zero-order valence-corrected chi connectivity index (χ0v) is 27.2. The highest BCUT2D eigenvalue weighted by Crippen LogP contribution is 2.29. The molecule has 1 aliphatic carbocycles. The Morgan fingerprint density at radius 2 is 1.48 bits per heavy atom. The van der Waals surface area contributed by atoms with Crippen molar-refractivity contribution in [1.29, 1.82) is 0 Å². The van der Waals surface area contributed by atoms with Crippen LogP contribution in [-0.2, 0) is 52.8 Å². The minimum atomic E-state index is -1.42. The number of nitrogens with one attached hydrogen (secondary N) is 3. The van der Waals surface area contributed by atoms with Crippen molar-refractivity contribution in [3.05, 3.63) is 83.9 Å². The van der Waals surface area contributed by atoms with Crippen molar-refractivity contribution in [1.82, 2.24) is 16.0 Å². The third-order valence-electron chi connectivity index (χ3n) is 7.31. The van der Waals surface area contributed by atoms with Gasteiger partial charge < -0.3 is 30.2 Å². The Balaban J connectivity index is 1.84. The molecule has 0 radical (unpaired) electrons. The number of amides is 3. The fourth-order valence-electron chi connectivity index (χ4n) is 5.12. The molecular formula is C35H45N3O8. The summed E-state index contributed by atoms with van der Waals surface area (Å²) in [5.41, 5.74) is 1.97. The van der Waals surface area contributed by atoms with Gasteiger partial charge in [-0.05, 0) is 62.1 Å². The molecule has 2 aromatic carbocycles. The molecule has 0 spiro atoms. The zero-order chi connectivity index (χ0) is 33.9. The quantitative estimate of drug-likeness (QED) is 0.161. The van der Waals surface area contributed by atoms with E-state index < -0.39 is 60.0 Å². The predicted octanol–water partition coefficient (Wildman–Crippen LogP) is 3.78. The second kappa shape index (κ2) is 16.6. The molecule has 3 N–H and O–H groups in total. The van der Waals surface area contributed by atoms with Crippen LogP contribution in [0.5, 0.6) is 0 Å². The number of rotatable bonds is 14. The van der Waals surface area contributed by atoms with Crippen molar-refractivity contribution in [2.45, 2.75) is 84.2 Å². The fraction of sp³-hybridized carbons (Fsp3) is 0.457. The Hall–Kier alpha value is -4.67. The normalized spacial score (nSPS) is 14.7. The van der Waals surface area contributed by atoms with Crippen LogP contribution < -0.4 is 16.0 Å². The summed E-state index contributed by atoms with van der Waals surface area (Å²) in [6.07, 6.45) is 0.978. The van der Waals surface area contributed by atoms with Gasteiger partial charge in [-0.15, -0.1) is 0 Å². The van der Waals surface area contributed by atoms with E-state index in [9.17, 15) is 24.0 Å². The first-order chi connectivity index (χ1) is 21.8. The van der Waals surface area contributed by atoms with Crippen LogP contribution >= 0.6 is 0 Å². The number of hydrogen-bond donors (Lipinski definition) is 3. The Morgan fingerprint density at radius 3 is 2.04 bits per heavy atom. The maximum absolute atomic E-state index is 13.9. The molecule has 3 rings (SSSR count). The molecule has 11 nitrogen and oxygen atoms in total. The van der Waals surface area contributed by atoms with E-state index in [1.165, 1.54) is 6.08 Å². The van der Waals surface area contributed by atoms with E-state index in [1.807, 2.05) is 30.3 Å². The monoisotopic (exact) mass is 635 g/mol. The topological polar surface area (TPSA) is 149 Å². The van der Waals surface area contributed by atoms with Gasteiger partial charge in [-0.3, -0.25) is 14.4 Å². The van der Waals surface area contributed by atoms with Gasteiger partial charge in [0.15, 0.2) is 0 Å².